The molecule has 2 aromatic rings. The maximum absolute atomic E-state index is 12.9. The zero-order valence-electron chi connectivity index (χ0n) is 16.5. The molecule has 1 heterocycles. The molecule has 4 heteroatoms. The number of hydrazone groups is 1. The van der Waals surface area contributed by atoms with Crippen molar-refractivity contribution in [2.45, 2.75) is 46.5 Å². The van der Waals surface area contributed by atoms with Gasteiger partial charge in [0, 0.05) is 0 Å². The second kappa shape index (κ2) is 7.39. The molecule has 3 rings (SSSR count). The highest BCUT2D eigenvalue weighted by atomic mass is 16.3. The predicted octanol–water partition coefficient (Wildman–Crippen LogP) is 5.45. The van der Waals surface area contributed by atoms with Crippen LogP contribution in [-0.4, -0.2) is 16.7 Å². The Hall–Kier alpha value is -2.88. The first-order valence-electron chi connectivity index (χ1n) is 9.33. The largest absolute Gasteiger partial charge is 0.507 e. The summed E-state index contributed by atoms with van der Waals surface area (Å²) >= 11 is 0. The molecule has 0 atom stereocenters. The summed E-state index contributed by atoms with van der Waals surface area (Å²) in [4.78, 5) is 12.9. The average Bonchev–Trinajstić information content (AvgIpc) is 2.91. The number of hydrogen-bond donors (Lipinski definition) is 1. The third kappa shape index (κ3) is 3.65. The number of carbonyl (C=O) groups is 1. The molecule has 1 amide bonds. The smallest absolute Gasteiger partial charge is 0.280 e. The molecule has 0 saturated carbocycles. The first kappa shape index (κ1) is 18.9. The number of rotatable bonds is 4. The van der Waals surface area contributed by atoms with Crippen LogP contribution in [0.1, 0.15) is 63.1 Å². The molecule has 0 aromatic heterocycles. The average molecular weight is 362 g/mol. The minimum Gasteiger partial charge on any atom is -0.507 e. The summed E-state index contributed by atoms with van der Waals surface area (Å²) in [6, 6.07) is 13.3. The van der Waals surface area contributed by atoms with Crippen LogP contribution in [0.15, 0.2) is 53.1 Å². The summed E-state index contributed by atoms with van der Waals surface area (Å²) in [5.41, 5.74) is 4.72. The van der Waals surface area contributed by atoms with Crippen LogP contribution < -0.4 is 5.01 Å². The van der Waals surface area contributed by atoms with E-state index < -0.39 is 0 Å². The summed E-state index contributed by atoms with van der Waals surface area (Å²) in [7, 11) is 0. The van der Waals surface area contributed by atoms with E-state index in [1.54, 1.807) is 0 Å². The summed E-state index contributed by atoms with van der Waals surface area (Å²) in [5.74, 6) is 0.603. The molecule has 1 aliphatic heterocycles. The predicted molar refractivity (Wildman–Crippen MR) is 111 cm³/mol. The number of amides is 1. The molecule has 1 aliphatic rings. The second-order valence-electron chi connectivity index (χ2n) is 7.55. The fourth-order valence-corrected chi connectivity index (χ4v) is 3.26. The van der Waals surface area contributed by atoms with Crippen molar-refractivity contribution >= 4 is 23.4 Å². The maximum atomic E-state index is 12.9. The van der Waals surface area contributed by atoms with E-state index in [4.69, 9.17) is 0 Å². The van der Waals surface area contributed by atoms with Crippen LogP contribution in [0.4, 0.5) is 5.69 Å². The molecule has 0 unspecified atom stereocenters. The first-order valence-corrected chi connectivity index (χ1v) is 9.33. The molecule has 0 saturated heterocycles. The van der Waals surface area contributed by atoms with Gasteiger partial charge in [-0.3, -0.25) is 4.79 Å². The van der Waals surface area contributed by atoms with Crippen molar-refractivity contribution in [3.63, 3.8) is 0 Å². The Balaban J connectivity index is 2.04. The quantitative estimate of drug-likeness (QED) is 0.736. The van der Waals surface area contributed by atoms with E-state index in [1.807, 2.05) is 55.5 Å². The summed E-state index contributed by atoms with van der Waals surface area (Å²) in [6.07, 6.45) is 1.88. The minimum absolute atomic E-state index is 0.135. The van der Waals surface area contributed by atoms with E-state index in [0.717, 1.165) is 22.4 Å². The van der Waals surface area contributed by atoms with Gasteiger partial charge in [0.15, 0.2) is 0 Å². The van der Waals surface area contributed by atoms with Gasteiger partial charge >= 0.3 is 0 Å². The van der Waals surface area contributed by atoms with Crippen LogP contribution in [-0.2, 0) is 4.79 Å². The second-order valence-corrected chi connectivity index (χ2v) is 7.55. The molecule has 2 aromatic carbocycles. The number of hydrogen-bond acceptors (Lipinski definition) is 3. The molecule has 4 nitrogen and oxygen atoms in total. The molecular formula is C23H26N2O2. The van der Waals surface area contributed by atoms with Crippen molar-refractivity contribution < 1.29 is 9.90 Å². The van der Waals surface area contributed by atoms with Crippen LogP contribution in [0.3, 0.4) is 0 Å². The first-order chi connectivity index (χ1) is 12.8. The fraction of sp³-hybridized carbons (Fsp3) is 0.304. The van der Waals surface area contributed by atoms with Gasteiger partial charge in [0.25, 0.3) is 5.91 Å². The van der Waals surface area contributed by atoms with E-state index in [0.29, 0.717) is 17.0 Å². The van der Waals surface area contributed by atoms with E-state index in [1.165, 1.54) is 5.01 Å². The highest BCUT2D eigenvalue weighted by Crippen LogP contribution is 2.36. The summed E-state index contributed by atoms with van der Waals surface area (Å²) in [5, 5.41) is 16.5. The monoisotopic (exact) mass is 362 g/mol. The normalized spacial score (nSPS) is 16.0. The molecular weight excluding hydrogens is 336 g/mol. The zero-order chi connectivity index (χ0) is 19.7. The molecule has 0 fully saturated rings. The lowest BCUT2D eigenvalue weighted by Crippen LogP contribution is -2.21. The Morgan fingerprint density at radius 1 is 1.00 bits per heavy atom. The van der Waals surface area contributed by atoms with Crippen LogP contribution in [0.2, 0.25) is 0 Å². The number of para-hydroxylation sites is 1. The van der Waals surface area contributed by atoms with Crippen LogP contribution in [0.5, 0.6) is 5.75 Å². The highest BCUT2D eigenvalue weighted by Gasteiger charge is 2.28. The highest BCUT2D eigenvalue weighted by molar-refractivity contribution is 6.32. The third-order valence-electron chi connectivity index (χ3n) is 4.81. The summed E-state index contributed by atoms with van der Waals surface area (Å²) in [6.45, 7) is 10.1. The number of anilines is 1. The lowest BCUT2D eigenvalue weighted by Gasteiger charge is -2.17. The Kier molecular flexibility index (Phi) is 5.17. The Morgan fingerprint density at radius 3 is 2.07 bits per heavy atom. The van der Waals surface area contributed by atoms with Gasteiger partial charge in [-0.15, -0.1) is 0 Å². The van der Waals surface area contributed by atoms with Crippen molar-refractivity contribution in [1.29, 1.82) is 0 Å². The van der Waals surface area contributed by atoms with Gasteiger partial charge in [0.1, 0.15) is 5.75 Å². The van der Waals surface area contributed by atoms with Gasteiger partial charge in [-0.2, -0.15) is 10.1 Å². The Labute approximate surface area is 160 Å². The lowest BCUT2D eigenvalue weighted by atomic mass is 9.91. The lowest BCUT2D eigenvalue weighted by molar-refractivity contribution is -0.114. The van der Waals surface area contributed by atoms with Crippen molar-refractivity contribution in [2.75, 3.05) is 5.01 Å². The van der Waals surface area contributed by atoms with Crippen molar-refractivity contribution in [3.05, 3.63) is 64.7 Å². The fourth-order valence-electron chi connectivity index (χ4n) is 3.26. The van der Waals surface area contributed by atoms with Crippen molar-refractivity contribution in [3.8, 4) is 5.75 Å². The maximum Gasteiger partial charge on any atom is 0.280 e. The van der Waals surface area contributed by atoms with Gasteiger partial charge in [-0.05, 0) is 65.8 Å². The van der Waals surface area contributed by atoms with Crippen LogP contribution in [0.25, 0.3) is 6.08 Å². The zero-order valence-corrected chi connectivity index (χ0v) is 16.5. The van der Waals surface area contributed by atoms with Crippen LogP contribution >= 0.6 is 0 Å². The van der Waals surface area contributed by atoms with Gasteiger partial charge in [-0.1, -0.05) is 45.9 Å². The summed E-state index contributed by atoms with van der Waals surface area (Å²) < 4.78 is 0. The minimum atomic E-state index is -0.135. The van der Waals surface area contributed by atoms with E-state index >= 15 is 0 Å². The molecule has 0 radical (unpaired) electrons. The molecule has 1 N–H and O–H groups in total. The van der Waals surface area contributed by atoms with E-state index in [-0.39, 0.29) is 17.7 Å². The number of aromatic hydroxyl groups is 1. The van der Waals surface area contributed by atoms with Gasteiger partial charge in [0.2, 0.25) is 0 Å². The topological polar surface area (TPSA) is 52.9 Å². The van der Waals surface area contributed by atoms with Crippen LogP contribution in [0, 0.1) is 0 Å². The van der Waals surface area contributed by atoms with Gasteiger partial charge < -0.3 is 5.11 Å². The Morgan fingerprint density at radius 2 is 1.56 bits per heavy atom. The number of phenols is 1. The van der Waals surface area contributed by atoms with Crippen molar-refractivity contribution in [2.24, 2.45) is 5.10 Å². The third-order valence-corrected chi connectivity index (χ3v) is 4.81. The number of carbonyl (C=O) groups excluding carboxylic acids is 1. The van der Waals surface area contributed by atoms with Gasteiger partial charge in [0.05, 0.1) is 17.0 Å². The van der Waals surface area contributed by atoms with Gasteiger partial charge in [-0.25, -0.2) is 0 Å². The Bertz CT molecular complexity index is 896. The number of nitrogens with zero attached hydrogens (tertiary/aromatic N) is 2. The molecule has 0 spiro atoms. The molecule has 27 heavy (non-hydrogen) atoms. The van der Waals surface area contributed by atoms with E-state index in [2.05, 4.69) is 32.8 Å². The number of benzene rings is 2. The number of phenolic OH excluding ortho intramolecular Hbond substituents is 1. The van der Waals surface area contributed by atoms with E-state index in [9.17, 15) is 9.90 Å². The molecule has 140 valence electrons. The standard InChI is InChI=1S/C23H26N2O2/c1-14(2)19-11-17(12-20(15(3)4)22(19)26)13-21-16(5)24-25(23(21)27)18-9-7-6-8-10-18/h6-15,26H,1-5H3/b21-13+. The molecule has 0 aliphatic carbocycles. The van der Waals surface area contributed by atoms with Crippen molar-refractivity contribution in [1.82, 2.24) is 0 Å². The SMILES string of the molecule is CC1=NN(c2ccccc2)C(=O)/C1=C/c1cc(C(C)C)c(O)c(C(C)C)c1. The molecule has 0 bridgehead atoms.